The number of fused-ring (bicyclic) bond motifs is 1. The summed E-state index contributed by atoms with van der Waals surface area (Å²) in [5.41, 5.74) is 1.97. The molecule has 1 aromatic carbocycles. The van der Waals surface area contributed by atoms with Gasteiger partial charge in [-0.15, -0.1) is 11.7 Å². The standard InChI is InChI=1S/C10H12N4/c1-2-7-11-8-14-10-6-4-3-5-9(10)12-13-14/h2-6,11H,1,7-8H2. The van der Waals surface area contributed by atoms with Crippen molar-refractivity contribution < 1.29 is 0 Å². The molecule has 2 aromatic rings. The van der Waals surface area contributed by atoms with Crippen molar-refractivity contribution in [1.82, 2.24) is 20.3 Å². The van der Waals surface area contributed by atoms with Crippen LogP contribution in [-0.4, -0.2) is 21.5 Å². The number of para-hydroxylation sites is 1. The Morgan fingerprint density at radius 3 is 3.14 bits per heavy atom. The van der Waals surface area contributed by atoms with Gasteiger partial charge < -0.3 is 0 Å². The molecule has 0 saturated carbocycles. The maximum Gasteiger partial charge on any atom is 0.113 e. The normalized spacial score (nSPS) is 10.6. The van der Waals surface area contributed by atoms with Crippen LogP contribution in [0.5, 0.6) is 0 Å². The molecule has 0 amide bonds. The summed E-state index contributed by atoms with van der Waals surface area (Å²) >= 11 is 0. The van der Waals surface area contributed by atoms with E-state index >= 15 is 0 Å². The third-order valence-electron chi connectivity index (χ3n) is 1.97. The molecule has 0 bridgehead atoms. The molecule has 4 nitrogen and oxygen atoms in total. The molecule has 0 atom stereocenters. The van der Waals surface area contributed by atoms with Crippen LogP contribution in [0, 0.1) is 0 Å². The third-order valence-corrected chi connectivity index (χ3v) is 1.97. The fourth-order valence-electron chi connectivity index (χ4n) is 1.31. The average Bonchev–Trinajstić information content (AvgIpc) is 2.63. The summed E-state index contributed by atoms with van der Waals surface area (Å²) < 4.78 is 1.83. The van der Waals surface area contributed by atoms with Crippen molar-refractivity contribution in [3.8, 4) is 0 Å². The molecule has 0 saturated heterocycles. The van der Waals surface area contributed by atoms with Gasteiger partial charge in [0, 0.05) is 6.54 Å². The lowest BCUT2D eigenvalue weighted by atomic mass is 10.3. The van der Waals surface area contributed by atoms with Gasteiger partial charge in [0.1, 0.15) is 5.52 Å². The molecule has 1 N–H and O–H groups in total. The van der Waals surface area contributed by atoms with E-state index in [0.29, 0.717) is 6.67 Å². The van der Waals surface area contributed by atoms with Crippen molar-refractivity contribution in [2.45, 2.75) is 6.67 Å². The minimum absolute atomic E-state index is 0.659. The number of benzene rings is 1. The molecule has 0 spiro atoms. The van der Waals surface area contributed by atoms with Gasteiger partial charge in [-0.25, -0.2) is 4.68 Å². The first kappa shape index (κ1) is 8.90. The summed E-state index contributed by atoms with van der Waals surface area (Å²) in [6.45, 7) is 5.07. The molecule has 0 fully saturated rings. The first-order valence-corrected chi connectivity index (χ1v) is 4.51. The molecular weight excluding hydrogens is 176 g/mol. The van der Waals surface area contributed by atoms with Gasteiger partial charge in [-0.05, 0) is 12.1 Å². The summed E-state index contributed by atoms with van der Waals surface area (Å²) in [5, 5.41) is 11.3. The molecule has 0 aliphatic rings. The first-order chi connectivity index (χ1) is 6.92. The molecule has 1 aromatic heterocycles. The Kier molecular flexibility index (Phi) is 2.55. The molecule has 14 heavy (non-hydrogen) atoms. The van der Waals surface area contributed by atoms with E-state index in [1.807, 2.05) is 35.0 Å². The van der Waals surface area contributed by atoms with Crippen LogP contribution in [0.15, 0.2) is 36.9 Å². The summed E-state index contributed by atoms with van der Waals surface area (Å²) in [5.74, 6) is 0. The van der Waals surface area contributed by atoms with Crippen LogP contribution in [0.1, 0.15) is 0 Å². The SMILES string of the molecule is C=CCNCn1nnc2ccccc21. The zero-order chi connectivity index (χ0) is 9.80. The fraction of sp³-hybridized carbons (Fsp3) is 0.200. The van der Waals surface area contributed by atoms with E-state index in [2.05, 4.69) is 22.2 Å². The number of rotatable bonds is 4. The Morgan fingerprint density at radius 1 is 1.43 bits per heavy atom. The predicted molar refractivity (Wildman–Crippen MR) is 55.7 cm³/mol. The van der Waals surface area contributed by atoms with Crippen LogP contribution in [-0.2, 0) is 6.67 Å². The van der Waals surface area contributed by atoms with Gasteiger partial charge in [0.25, 0.3) is 0 Å². The first-order valence-electron chi connectivity index (χ1n) is 4.51. The van der Waals surface area contributed by atoms with Crippen LogP contribution in [0.4, 0.5) is 0 Å². The molecule has 4 heteroatoms. The van der Waals surface area contributed by atoms with Crippen molar-refractivity contribution in [2.75, 3.05) is 6.54 Å². The molecule has 0 unspecified atom stereocenters. The molecule has 2 rings (SSSR count). The Bertz CT molecular complexity index is 432. The lowest BCUT2D eigenvalue weighted by Crippen LogP contribution is -2.19. The Hall–Kier alpha value is -1.68. The van der Waals surface area contributed by atoms with Gasteiger partial charge >= 0.3 is 0 Å². The van der Waals surface area contributed by atoms with E-state index < -0.39 is 0 Å². The zero-order valence-electron chi connectivity index (χ0n) is 7.85. The van der Waals surface area contributed by atoms with Gasteiger partial charge in [-0.1, -0.05) is 23.4 Å². The minimum Gasteiger partial charge on any atom is -0.295 e. The van der Waals surface area contributed by atoms with Crippen LogP contribution in [0.3, 0.4) is 0 Å². The topological polar surface area (TPSA) is 42.7 Å². The summed E-state index contributed by atoms with van der Waals surface area (Å²) in [4.78, 5) is 0. The Morgan fingerprint density at radius 2 is 2.29 bits per heavy atom. The largest absolute Gasteiger partial charge is 0.295 e. The van der Waals surface area contributed by atoms with Gasteiger partial charge in [0.2, 0.25) is 0 Å². The molecular formula is C10H12N4. The van der Waals surface area contributed by atoms with Crippen molar-refractivity contribution >= 4 is 11.0 Å². The third kappa shape index (κ3) is 1.65. The smallest absolute Gasteiger partial charge is 0.113 e. The van der Waals surface area contributed by atoms with Gasteiger partial charge in [0.15, 0.2) is 0 Å². The molecule has 0 radical (unpaired) electrons. The maximum atomic E-state index is 4.04. The molecule has 0 aliphatic carbocycles. The average molecular weight is 188 g/mol. The number of hydrogen-bond donors (Lipinski definition) is 1. The number of aromatic nitrogens is 3. The quantitative estimate of drug-likeness (QED) is 0.578. The van der Waals surface area contributed by atoms with E-state index in [1.165, 1.54) is 0 Å². The lowest BCUT2D eigenvalue weighted by Gasteiger charge is -2.01. The van der Waals surface area contributed by atoms with E-state index in [-0.39, 0.29) is 0 Å². The summed E-state index contributed by atoms with van der Waals surface area (Å²) in [6.07, 6.45) is 1.82. The lowest BCUT2D eigenvalue weighted by molar-refractivity contribution is 0.534. The van der Waals surface area contributed by atoms with Crippen LogP contribution < -0.4 is 5.32 Å². The second-order valence-electron chi connectivity index (χ2n) is 2.98. The van der Waals surface area contributed by atoms with E-state index in [0.717, 1.165) is 17.6 Å². The summed E-state index contributed by atoms with van der Waals surface area (Å²) in [6, 6.07) is 7.89. The Labute approximate surface area is 82.2 Å². The van der Waals surface area contributed by atoms with Crippen LogP contribution >= 0.6 is 0 Å². The van der Waals surface area contributed by atoms with E-state index in [9.17, 15) is 0 Å². The van der Waals surface area contributed by atoms with E-state index in [4.69, 9.17) is 0 Å². The van der Waals surface area contributed by atoms with Crippen molar-refractivity contribution in [3.63, 3.8) is 0 Å². The van der Waals surface area contributed by atoms with Gasteiger partial charge in [0.05, 0.1) is 12.2 Å². The highest BCUT2D eigenvalue weighted by Crippen LogP contribution is 2.08. The number of nitrogens with zero attached hydrogens (tertiary/aromatic N) is 3. The van der Waals surface area contributed by atoms with Gasteiger partial charge in [-0.3, -0.25) is 5.32 Å². The van der Waals surface area contributed by atoms with Crippen LogP contribution in [0.25, 0.3) is 11.0 Å². The van der Waals surface area contributed by atoms with E-state index in [1.54, 1.807) is 0 Å². The highest BCUT2D eigenvalue weighted by atomic mass is 15.4. The number of nitrogens with one attached hydrogen (secondary N) is 1. The molecule has 0 aliphatic heterocycles. The predicted octanol–water partition coefficient (Wildman–Crippen LogP) is 1.16. The second kappa shape index (κ2) is 4.02. The highest BCUT2D eigenvalue weighted by molar-refractivity contribution is 5.73. The second-order valence-corrected chi connectivity index (χ2v) is 2.98. The molecule has 1 heterocycles. The number of hydrogen-bond acceptors (Lipinski definition) is 3. The van der Waals surface area contributed by atoms with Crippen molar-refractivity contribution in [2.24, 2.45) is 0 Å². The Balaban J connectivity index is 2.20. The molecule has 72 valence electrons. The summed E-state index contributed by atoms with van der Waals surface area (Å²) in [7, 11) is 0. The monoisotopic (exact) mass is 188 g/mol. The van der Waals surface area contributed by atoms with Crippen molar-refractivity contribution in [3.05, 3.63) is 36.9 Å². The zero-order valence-corrected chi connectivity index (χ0v) is 7.85. The van der Waals surface area contributed by atoms with Crippen LogP contribution in [0.2, 0.25) is 0 Å². The van der Waals surface area contributed by atoms with Gasteiger partial charge in [-0.2, -0.15) is 0 Å². The highest BCUT2D eigenvalue weighted by Gasteiger charge is 2.00. The maximum absolute atomic E-state index is 4.04. The van der Waals surface area contributed by atoms with Crippen molar-refractivity contribution in [1.29, 1.82) is 0 Å². The minimum atomic E-state index is 0.659. The fourth-order valence-corrected chi connectivity index (χ4v) is 1.31.